The molecule has 3 rings (SSSR count). The Balaban J connectivity index is 1.91. The van der Waals surface area contributed by atoms with Gasteiger partial charge in [0.1, 0.15) is 0 Å². The number of fused-ring (bicyclic) bond motifs is 1. The van der Waals surface area contributed by atoms with Crippen molar-refractivity contribution < 1.29 is 4.74 Å². The third-order valence-corrected chi connectivity index (χ3v) is 3.61. The van der Waals surface area contributed by atoms with E-state index in [1.807, 2.05) is 0 Å². The van der Waals surface area contributed by atoms with Gasteiger partial charge in [-0.2, -0.15) is 5.10 Å². The third-order valence-electron chi connectivity index (χ3n) is 3.61. The Labute approximate surface area is 102 Å². The lowest BCUT2D eigenvalue weighted by Crippen LogP contribution is -2.44. The highest BCUT2D eigenvalue weighted by Crippen LogP contribution is 2.35. The first-order valence-electron chi connectivity index (χ1n) is 6.44. The van der Waals surface area contributed by atoms with E-state index in [0.717, 1.165) is 38.4 Å². The summed E-state index contributed by atoms with van der Waals surface area (Å²) in [6.45, 7) is 8.36. The molecule has 2 aliphatic rings. The maximum atomic E-state index is 5.90. The van der Waals surface area contributed by atoms with Crippen LogP contribution in [0.25, 0.3) is 0 Å². The lowest BCUT2D eigenvalue weighted by Gasteiger charge is -2.31. The van der Waals surface area contributed by atoms with Crippen LogP contribution < -0.4 is 10.2 Å². The predicted octanol–water partition coefficient (Wildman–Crippen LogP) is 0.841. The summed E-state index contributed by atoms with van der Waals surface area (Å²) in [5, 5.41) is 11.1. The second-order valence-electron chi connectivity index (χ2n) is 4.97. The van der Waals surface area contributed by atoms with Crippen LogP contribution in [-0.2, 0) is 11.2 Å². The summed E-state index contributed by atoms with van der Waals surface area (Å²) in [7, 11) is 0. The molecular weight excluding hydrogens is 216 g/mol. The summed E-state index contributed by atoms with van der Waals surface area (Å²) in [6.07, 6.45) is 1.38. The van der Waals surface area contributed by atoms with Gasteiger partial charge in [0.2, 0.25) is 0 Å². The Morgan fingerprint density at radius 2 is 2.06 bits per heavy atom. The quantitative estimate of drug-likeness (QED) is 0.759. The molecule has 1 aromatic rings. The van der Waals surface area contributed by atoms with Gasteiger partial charge in [0.25, 0.3) is 0 Å². The van der Waals surface area contributed by atoms with Crippen LogP contribution in [0.1, 0.15) is 31.2 Å². The molecule has 1 fully saturated rings. The molecule has 3 heterocycles. The minimum absolute atomic E-state index is 0.150. The number of anilines is 1. The van der Waals surface area contributed by atoms with Gasteiger partial charge >= 0.3 is 0 Å². The molecule has 2 atom stereocenters. The van der Waals surface area contributed by atoms with Crippen LogP contribution in [0.5, 0.6) is 0 Å². The molecule has 2 aliphatic heterocycles. The monoisotopic (exact) mass is 236 g/mol. The highest BCUT2D eigenvalue weighted by atomic mass is 16.5. The molecule has 0 bridgehead atoms. The van der Waals surface area contributed by atoms with Crippen LogP contribution in [0, 0.1) is 0 Å². The van der Waals surface area contributed by atoms with Crippen molar-refractivity contribution in [3.05, 3.63) is 11.3 Å². The molecule has 1 saturated heterocycles. The number of H-pyrrole nitrogens is 1. The summed E-state index contributed by atoms with van der Waals surface area (Å²) in [5.74, 6) is 1.10. The molecule has 0 spiro atoms. The Morgan fingerprint density at radius 3 is 2.82 bits per heavy atom. The minimum atomic E-state index is 0.150. The summed E-state index contributed by atoms with van der Waals surface area (Å²) in [6, 6.07) is 0. The van der Waals surface area contributed by atoms with Crippen molar-refractivity contribution in [3.63, 3.8) is 0 Å². The zero-order chi connectivity index (χ0) is 11.8. The van der Waals surface area contributed by atoms with Gasteiger partial charge in [0.05, 0.1) is 12.2 Å². The number of aromatic nitrogens is 2. The van der Waals surface area contributed by atoms with E-state index < -0.39 is 0 Å². The first kappa shape index (κ1) is 11.0. The number of piperazine rings is 1. The minimum Gasteiger partial charge on any atom is -0.370 e. The summed E-state index contributed by atoms with van der Waals surface area (Å²) >= 11 is 0. The van der Waals surface area contributed by atoms with E-state index in [0.29, 0.717) is 0 Å². The first-order valence-corrected chi connectivity index (χ1v) is 6.44. The summed E-state index contributed by atoms with van der Waals surface area (Å²) in [5.41, 5.74) is 2.52. The Bertz CT molecular complexity index is 397. The van der Waals surface area contributed by atoms with Crippen LogP contribution in [-0.4, -0.2) is 42.5 Å². The molecule has 2 N–H and O–H groups in total. The molecular formula is C12H20N4O. The van der Waals surface area contributed by atoms with E-state index in [1.54, 1.807) is 0 Å². The Morgan fingerprint density at radius 1 is 1.29 bits per heavy atom. The van der Waals surface area contributed by atoms with Crippen molar-refractivity contribution in [1.82, 2.24) is 15.5 Å². The van der Waals surface area contributed by atoms with Gasteiger partial charge in [-0.1, -0.05) is 0 Å². The van der Waals surface area contributed by atoms with Crippen molar-refractivity contribution in [2.45, 2.75) is 32.5 Å². The SMILES string of the molecule is CC1Cc2[nH]nc(N3CCNCC3)c2C(C)O1. The van der Waals surface area contributed by atoms with Gasteiger partial charge in [-0.05, 0) is 13.8 Å². The number of hydrogen-bond acceptors (Lipinski definition) is 4. The van der Waals surface area contributed by atoms with Crippen molar-refractivity contribution >= 4 is 5.82 Å². The second-order valence-corrected chi connectivity index (χ2v) is 4.97. The molecule has 5 heteroatoms. The zero-order valence-corrected chi connectivity index (χ0v) is 10.5. The van der Waals surface area contributed by atoms with Crippen LogP contribution in [0.4, 0.5) is 5.82 Å². The van der Waals surface area contributed by atoms with E-state index in [1.165, 1.54) is 11.3 Å². The van der Waals surface area contributed by atoms with Crippen LogP contribution in [0.15, 0.2) is 0 Å². The van der Waals surface area contributed by atoms with Crippen LogP contribution in [0.3, 0.4) is 0 Å². The standard InChI is InChI=1S/C12H20N4O/c1-8-7-10-11(9(2)17-8)12(15-14-10)16-5-3-13-4-6-16/h8-9,13H,3-7H2,1-2H3,(H,14,15). The lowest BCUT2D eigenvalue weighted by molar-refractivity contribution is -0.00492. The van der Waals surface area contributed by atoms with Crippen molar-refractivity contribution in [2.75, 3.05) is 31.1 Å². The summed E-state index contributed by atoms with van der Waals surface area (Å²) in [4.78, 5) is 2.35. The molecule has 5 nitrogen and oxygen atoms in total. The molecule has 17 heavy (non-hydrogen) atoms. The lowest BCUT2D eigenvalue weighted by atomic mass is 10.0. The number of rotatable bonds is 1. The molecule has 0 amide bonds. The third kappa shape index (κ3) is 1.93. The van der Waals surface area contributed by atoms with Gasteiger partial charge in [-0.3, -0.25) is 5.10 Å². The van der Waals surface area contributed by atoms with Crippen LogP contribution >= 0.6 is 0 Å². The highest BCUT2D eigenvalue weighted by molar-refractivity contribution is 5.51. The predicted molar refractivity (Wildman–Crippen MR) is 66.3 cm³/mol. The van der Waals surface area contributed by atoms with Crippen molar-refractivity contribution in [2.24, 2.45) is 0 Å². The fraction of sp³-hybridized carbons (Fsp3) is 0.750. The van der Waals surface area contributed by atoms with Crippen LogP contribution in [0.2, 0.25) is 0 Å². The average molecular weight is 236 g/mol. The molecule has 1 aromatic heterocycles. The second kappa shape index (κ2) is 4.31. The molecule has 0 aliphatic carbocycles. The number of nitrogens with one attached hydrogen (secondary N) is 2. The molecule has 2 unspecified atom stereocenters. The average Bonchev–Trinajstić information content (AvgIpc) is 2.74. The molecule has 94 valence electrons. The van der Waals surface area contributed by atoms with E-state index in [4.69, 9.17) is 4.74 Å². The highest BCUT2D eigenvalue weighted by Gasteiger charge is 2.29. The number of hydrogen-bond donors (Lipinski definition) is 2. The van der Waals surface area contributed by atoms with Gasteiger partial charge in [-0.15, -0.1) is 0 Å². The van der Waals surface area contributed by atoms with Gasteiger partial charge in [0, 0.05) is 43.9 Å². The topological polar surface area (TPSA) is 53.2 Å². The Hall–Kier alpha value is -1.07. The van der Waals surface area contributed by atoms with Crippen molar-refractivity contribution in [3.8, 4) is 0 Å². The molecule has 0 saturated carbocycles. The smallest absolute Gasteiger partial charge is 0.156 e. The number of nitrogens with zero attached hydrogens (tertiary/aromatic N) is 2. The largest absolute Gasteiger partial charge is 0.370 e. The van der Waals surface area contributed by atoms with Gasteiger partial charge in [-0.25, -0.2) is 0 Å². The van der Waals surface area contributed by atoms with E-state index in [-0.39, 0.29) is 12.2 Å². The normalized spacial score (nSPS) is 29.2. The fourth-order valence-corrected chi connectivity index (χ4v) is 2.83. The number of aromatic amines is 1. The van der Waals surface area contributed by atoms with Gasteiger partial charge < -0.3 is 15.0 Å². The van der Waals surface area contributed by atoms with E-state index in [9.17, 15) is 0 Å². The fourth-order valence-electron chi connectivity index (χ4n) is 2.83. The Kier molecular flexibility index (Phi) is 2.80. The number of ether oxygens (including phenoxy) is 1. The maximum Gasteiger partial charge on any atom is 0.156 e. The maximum absolute atomic E-state index is 5.90. The van der Waals surface area contributed by atoms with E-state index >= 15 is 0 Å². The van der Waals surface area contributed by atoms with Crippen molar-refractivity contribution in [1.29, 1.82) is 0 Å². The zero-order valence-electron chi connectivity index (χ0n) is 10.5. The summed E-state index contributed by atoms with van der Waals surface area (Å²) < 4.78 is 5.90. The van der Waals surface area contributed by atoms with Gasteiger partial charge in [0.15, 0.2) is 5.82 Å². The molecule has 0 radical (unpaired) electrons. The van der Waals surface area contributed by atoms with E-state index in [2.05, 4.69) is 34.3 Å². The molecule has 0 aromatic carbocycles. The first-order chi connectivity index (χ1) is 8.25.